The predicted octanol–water partition coefficient (Wildman–Crippen LogP) is 2.05. The number of fused-ring (bicyclic) bond motifs is 2. The molecule has 0 spiro atoms. The van der Waals surface area contributed by atoms with Crippen molar-refractivity contribution in [3.8, 4) is 11.5 Å². The highest BCUT2D eigenvalue weighted by atomic mass is 16.6. The van der Waals surface area contributed by atoms with E-state index in [2.05, 4.69) is 16.0 Å². The molecule has 2 unspecified atom stereocenters. The maximum atomic E-state index is 13.1. The molecule has 4 aliphatic heterocycles. The van der Waals surface area contributed by atoms with Crippen LogP contribution in [0.15, 0.2) is 36.4 Å². The van der Waals surface area contributed by atoms with Crippen LogP contribution in [0.5, 0.6) is 11.5 Å². The number of esters is 1. The number of nitrogens with one attached hydrogen (secondary N) is 3. The van der Waals surface area contributed by atoms with Crippen LogP contribution in [0.3, 0.4) is 0 Å². The number of aliphatic hydroxyl groups is 1. The fourth-order valence-corrected chi connectivity index (χ4v) is 8.59. The molecule has 2 fully saturated rings. The Balaban J connectivity index is 0.000000323. The molecule has 0 aromatic heterocycles. The molecule has 2 saturated heterocycles. The van der Waals surface area contributed by atoms with E-state index in [1.54, 1.807) is 32.9 Å². The lowest BCUT2D eigenvalue weighted by Gasteiger charge is -2.27. The Morgan fingerprint density at radius 3 is 1.30 bits per heavy atom. The minimum absolute atomic E-state index is 0.0280. The Bertz CT molecular complexity index is 2680. The van der Waals surface area contributed by atoms with Gasteiger partial charge in [-0.05, 0) is 85.1 Å². The number of amides is 9. The monoisotopic (exact) mass is 1290 g/mol. The SMILES string of the molecule is CC(C)(C)OC(=O)CCCOCCOCCOCCOCCOCCO.CC(C)(C)OC(=O)NCCOCCOCCOCCOCCOCCOc1cccc2c1C(=O)N(C1CCC(=O)NC1=O)C2=O.O=C1CCC(N2C(=O)c3cccc(O)c3C2=O)C(=O)N1. The third kappa shape index (κ3) is 28.5. The van der Waals surface area contributed by atoms with Crippen molar-refractivity contribution in [3.63, 3.8) is 0 Å². The van der Waals surface area contributed by atoms with Crippen LogP contribution in [-0.2, 0) is 80.8 Å². The number of imide groups is 4. The van der Waals surface area contributed by atoms with Crippen molar-refractivity contribution in [1.82, 2.24) is 25.8 Å². The van der Waals surface area contributed by atoms with Crippen molar-refractivity contribution in [2.45, 2.75) is 103 Å². The zero-order valence-electron chi connectivity index (χ0n) is 52.8. The number of rotatable bonds is 39. The number of carbonyl (C=O) groups is 10. The molecule has 2 atom stereocenters. The summed E-state index contributed by atoms with van der Waals surface area (Å²) in [5.41, 5.74) is -0.746. The van der Waals surface area contributed by atoms with Crippen LogP contribution < -0.4 is 20.7 Å². The molecule has 5 N–H and O–H groups in total. The van der Waals surface area contributed by atoms with E-state index in [1.807, 2.05) is 20.8 Å². The van der Waals surface area contributed by atoms with Gasteiger partial charge in [0.05, 0.1) is 154 Å². The van der Waals surface area contributed by atoms with Crippen LogP contribution in [0, 0.1) is 0 Å². The third-order valence-electron chi connectivity index (χ3n) is 12.6. The lowest BCUT2D eigenvalue weighted by atomic mass is 10.0. The van der Waals surface area contributed by atoms with Gasteiger partial charge >= 0.3 is 12.1 Å². The summed E-state index contributed by atoms with van der Waals surface area (Å²) in [6.07, 6.45) is 0.820. The van der Waals surface area contributed by atoms with Crippen LogP contribution in [0.2, 0.25) is 0 Å². The van der Waals surface area contributed by atoms with Gasteiger partial charge in [-0.3, -0.25) is 63.6 Å². The van der Waals surface area contributed by atoms with Crippen molar-refractivity contribution in [3.05, 3.63) is 58.7 Å². The molecule has 4 aliphatic rings. The molecule has 0 bridgehead atoms. The summed E-state index contributed by atoms with van der Waals surface area (Å²) in [4.78, 5) is 122. The molecule has 6 rings (SSSR count). The lowest BCUT2D eigenvalue weighted by Crippen LogP contribution is -2.54. The predicted molar refractivity (Wildman–Crippen MR) is 318 cm³/mol. The second kappa shape index (κ2) is 41.4. The van der Waals surface area contributed by atoms with Crippen LogP contribution in [-0.4, -0.2) is 255 Å². The fourth-order valence-electron chi connectivity index (χ4n) is 8.59. The molecule has 91 heavy (non-hydrogen) atoms. The van der Waals surface area contributed by atoms with E-state index in [1.165, 1.54) is 24.3 Å². The van der Waals surface area contributed by atoms with Gasteiger partial charge in [-0.1, -0.05) is 12.1 Å². The fraction of sp³-hybridized carbons (Fsp3) is 0.639. The van der Waals surface area contributed by atoms with Crippen molar-refractivity contribution in [2.24, 2.45) is 0 Å². The van der Waals surface area contributed by atoms with Gasteiger partial charge in [0.1, 0.15) is 41.4 Å². The summed E-state index contributed by atoms with van der Waals surface area (Å²) in [5, 5.41) is 25.1. The summed E-state index contributed by atoms with van der Waals surface area (Å²) in [7, 11) is 0. The highest BCUT2D eigenvalue weighted by Gasteiger charge is 2.47. The third-order valence-corrected chi connectivity index (χ3v) is 12.6. The number of piperidine rings is 2. The van der Waals surface area contributed by atoms with Crippen LogP contribution in [0.4, 0.5) is 4.79 Å². The molecule has 4 heterocycles. The van der Waals surface area contributed by atoms with Gasteiger partial charge in [-0.2, -0.15) is 0 Å². The first-order chi connectivity index (χ1) is 43.5. The lowest BCUT2D eigenvalue weighted by molar-refractivity contribution is -0.155. The van der Waals surface area contributed by atoms with Gasteiger partial charge < -0.3 is 77.1 Å². The van der Waals surface area contributed by atoms with E-state index >= 15 is 0 Å². The van der Waals surface area contributed by atoms with E-state index < -0.39 is 76.6 Å². The topological polar surface area (TPSA) is 374 Å². The highest BCUT2D eigenvalue weighted by Crippen LogP contribution is 2.35. The van der Waals surface area contributed by atoms with Crippen LogP contribution >= 0.6 is 0 Å². The number of aromatic hydroxyl groups is 1. The van der Waals surface area contributed by atoms with Gasteiger partial charge in [0.2, 0.25) is 23.6 Å². The summed E-state index contributed by atoms with van der Waals surface area (Å²) >= 11 is 0. The van der Waals surface area contributed by atoms with Crippen molar-refractivity contribution in [2.75, 3.05) is 152 Å². The molecule has 30 heteroatoms. The second-order valence-electron chi connectivity index (χ2n) is 22.1. The number of benzene rings is 2. The number of phenolic OH excluding ortho intramolecular Hbond substituents is 1. The summed E-state index contributed by atoms with van der Waals surface area (Å²) in [6.45, 7) is 20.0. The number of hydrogen-bond donors (Lipinski definition) is 5. The molecule has 2 aromatic rings. The standard InChI is InChI=1S/C30H43N3O12.C18H36O8.C13H10N2O5/c1-30(2,3)45-29(38)31-9-10-39-11-12-40-13-14-41-15-16-42-17-18-43-19-20-44-23-6-4-5-21-25(23)28(37)33(27(21)36)22-7-8-24(34)32-26(22)35;1-18(2,3)26-17(20)5-4-7-21-9-11-23-13-15-25-16-14-24-12-10-22-8-6-19;16-8-3-1-2-6-10(8)13(20)15(12(6)19)7-4-5-9(17)14-11(7)18/h4-6,22H,7-20H2,1-3H3,(H,31,38)(H,32,34,35);19H,4-16H2,1-3H3;1-3,7,16H,4-5H2,(H,14,17,18). The number of phenols is 1. The maximum absolute atomic E-state index is 13.1. The quantitative estimate of drug-likeness (QED) is 0.0363. The Labute approximate surface area is 528 Å². The molecule has 508 valence electrons. The highest BCUT2D eigenvalue weighted by molar-refractivity contribution is 6.25. The van der Waals surface area contributed by atoms with Gasteiger partial charge in [0, 0.05) is 32.4 Å². The zero-order valence-corrected chi connectivity index (χ0v) is 52.8. The van der Waals surface area contributed by atoms with E-state index in [0.717, 1.165) is 9.80 Å². The number of aliphatic hydroxyl groups excluding tert-OH is 1. The Morgan fingerprint density at radius 1 is 0.495 bits per heavy atom. The van der Waals surface area contributed by atoms with Crippen LogP contribution in [0.1, 0.15) is 121 Å². The van der Waals surface area contributed by atoms with E-state index in [0.29, 0.717) is 145 Å². The number of carbonyl (C=O) groups excluding carboxylic acids is 10. The molecular formula is C61H89N5O25. The average molecular weight is 1290 g/mol. The molecule has 0 saturated carbocycles. The molecule has 30 nitrogen and oxygen atoms in total. The smallest absolute Gasteiger partial charge is 0.407 e. The molecule has 9 amide bonds. The Morgan fingerprint density at radius 2 is 0.879 bits per heavy atom. The minimum atomic E-state index is -1.04. The number of alkyl carbamates (subject to hydrolysis) is 1. The summed E-state index contributed by atoms with van der Waals surface area (Å²) in [6, 6.07) is 6.80. The number of nitrogens with zero attached hydrogens (tertiary/aromatic N) is 2. The Kier molecular flexibility index (Phi) is 34.7. The van der Waals surface area contributed by atoms with Crippen molar-refractivity contribution in [1.29, 1.82) is 0 Å². The summed E-state index contributed by atoms with van der Waals surface area (Å²) in [5.74, 6) is -5.02. The van der Waals surface area contributed by atoms with Gasteiger partial charge in [-0.25, -0.2) is 4.79 Å². The maximum Gasteiger partial charge on any atom is 0.407 e. The first-order valence-electron chi connectivity index (χ1n) is 30.1. The van der Waals surface area contributed by atoms with Gasteiger partial charge in [0.25, 0.3) is 23.6 Å². The van der Waals surface area contributed by atoms with E-state index in [9.17, 15) is 53.1 Å². The number of ether oxygens (including phenoxy) is 13. The first kappa shape index (κ1) is 76.4. The zero-order chi connectivity index (χ0) is 66.6. The molecule has 0 aliphatic carbocycles. The van der Waals surface area contributed by atoms with Crippen molar-refractivity contribution >= 4 is 59.3 Å². The molecular weight excluding hydrogens is 1200 g/mol. The summed E-state index contributed by atoms with van der Waals surface area (Å²) < 4.78 is 69.7. The minimum Gasteiger partial charge on any atom is -0.507 e. The van der Waals surface area contributed by atoms with Gasteiger partial charge in [-0.15, -0.1) is 0 Å². The Hall–Kier alpha value is -7.10. The van der Waals surface area contributed by atoms with Crippen LogP contribution in [0.25, 0.3) is 0 Å². The van der Waals surface area contributed by atoms with Crippen molar-refractivity contribution < 1.29 is 120 Å². The first-order valence-corrected chi connectivity index (χ1v) is 30.1. The van der Waals surface area contributed by atoms with Gasteiger partial charge in [0.15, 0.2) is 0 Å². The normalized spacial score (nSPS) is 16.3. The van der Waals surface area contributed by atoms with E-state index in [-0.39, 0.29) is 85.2 Å². The number of hydrogen-bond acceptors (Lipinski definition) is 25. The largest absolute Gasteiger partial charge is 0.507 e. The molecule has 0 radical (unpaired) electrons. The molecule has 2 aromatic carbocycles. The van der Waals surface area contributed by atoms with E-state index in [4.69, 9.17) is 66.7 Å². The average Bonchev–Trinajstić information content (AvgIpc) is 1.63. The second-order valence-corrected chi connectivity index (χ2v) is 22.1.